The number of amides is 1. The highest BCUT2D eigenvalue weighted by molar-refractivity contribution is 6.32. The van der Waals surface area contributed by atoms with Crippen LogP contribution in [0.4, 0.5) is 5.69 Å². The first-order valence-electron chi connectivity index (χ1n) is 14.0. The highest BCUT2D eigenvalue weighted by Crippen LogP contribution is 2.28. The van der Waals surface area contributed by atoms with E-state index in [1.165, 1.54) is 0 Å². The number of nitrogens with one attached hydrogen (secondary N) is 1. The van der Waals surface area contributed by atoms with Gasteiger partial charge in [0.1, 0.15) is 29.9 Å². The van der Waals surface area contributed by atoms with Crippen LogP contribution in [0, 0.1) is 11.3 Å². The number of benzene rings is 4. The van der Waals surface area contributed by atoms with Gasteiger partial charge in [-0.2, -0.15) is 5.26 Å². The zero-order valence-corrected chi connectivity index (χ0v) is 24.5. The number of carbonyl (C=O) groups excluding carboxylic acids is 1. The molecule has 44 heavy (non-hydrogen) atoms. The topological polar surface area (TPSA) is 118 Å². The highest BCUT2D eigenvalue weighted by Gasteiger charge is 2.29. The third-order valence-corrected chi connectivity index (χ3v) is 6.97. The van der Waals surface area contributed by atoms with Crippen LogP contribution in [0.15, 0.2) is 109 Å². The summed E-state index contributed by atoms with van der Waals surface area (Å²) in [5, 5.41) is 24.9. The molecule has 1 atom stereocenters. The second kappa shape index (κ2) is 15.3. The number of hydrogen-bond donors (Lipinski definition) is 1. The molecule has 0 saturated heterocycles. The average Bonchev–Trinajstić information content (AvgIpc) is 3.51. The van der Waals surface area contributed by atoms with Crippen LogP contribution in [0.5, 0.6) is 17.2 Å². The minimum absolute atomic E-state index is 0.00117. The van der Waals surface area contributed by atoms with Crippen LogP contribution in [0.25, 0.3) is 0 Å². The predicted octanol–water partition coefficient (Wildman–Crippen LogP) is 6.29. The fourth-order valence-corrected chi connectivity index (χ4v) is 4.74. The molecule has 1 N–H and O–H groups in total. The largest absolute Gasteiger partial charge is 0.490 e. The Morgan fingerprint density at radius 2 is 1.61 bits per heavy atom. The number of nitriles is 1. The number of anilines is 1. The molecule has 11 heteroatoms. The summed E-state index contributed by atoms with van der Waals surface area (Å²) in [4.78, 5) is 15.4. The molecular formula is C33H30ClN7O3. The lowest BCUT2D eigenvalue weighted by atomic mass is 10.1. The second-order valence-electron chi connectivity index (χ2n) is 9.80. The number of aromatic nitrogens is 4. The minimum Gasteiger partial charge on any atom is -0.490 e. The van der Waals surface area contributed by atoms with Gasteiger partial charge >= 0.3 is 0 Å². The molecular weight excluding hydrogens is 578 g/mol. The van der Waals surface area contributed by atoms with Gasteiger partial charge in [-0.25, -0.2) is 4.68 Å². The van der Waals surface area contributed by atoms with E-state index < -0.39 is 6.04 Å². The normalized spacial score (nSPS) is 11.5. The molecule has 0 aliphatic heterocycles. The number of hydrogen-bond acceptors (Lipinski definition) is 8. The van der Waals surface area contributed by atoms with Crippen LogP contribution < -0.4 is 14.8 Å². The molecule has 0 radical (unpaired) electrons. The molecule has 5 aromatic rings. The lowest BCUT2D eigenvalue weighted by molar-refractivity contribution is -0.118. The van der Waals surface area contributed by atoms with E-state index in [-0.39, 0.29) is 25.5 Å². The predicted molar refractivity (Wildman–Crippen MR) is 166 cm³/mol. The third-order valence-electron chi connectivity index (χ3n) is 6.66. The molecule has 222 valence electrons. The molecule has 1 amide bonds. The zero-order chi connectivity index (χ0) is 30.6. The summed E-state index contributed by atoms with van der Waals surface area (Å²) in [6.45, 7) is 0.797. The maximum Gasteiger partial charge on any atom is 0.238 e. The van der Waals surface area contributed by atoms with Gasteiger partial charge in [-0.3, -0.25) is 9.69 Å². The van der Waals surface area contributed by atoms with Gasteiger partial charge in [0, 0.05) is 12.2 Å². The molecule has 0 aliphatic rings. The van der Waals surface area contributed by atoms with E-state index in [0.717, 1.165) is 11.3 Å². The summed E-state index contributed by atoms with van der Waals surface area (Å²) >= 11 is 6.38. The number of halogens is 1. The summed E-state index contributed by atoms with van der Waals surface area (Å²) in [7, 11) is 0. The maximum absolute atomic E-state index is 13.5. The molecule has 10 nitrogen and oxygen atoms in total. The fourth-order valence-electron chi connectivity index (χ4n) is 4.55. The van der Waals surface area contributed by atoms with Gasteiger partial charge in [0.05, 0.1) is 30.6 Å². The first-order chi connectivity index (χ1) is 21.6. The van der Waals surface area contributed by atoms with Crippen LogP contribution in [0.1, 0.15) is 23.9 Å². The van der Waals surface area contributed by atoms with E-state index in [9.17, 15) is 10.1 Å². The molecule has 0 aliphatic carbocycles. The van der Waals surface area contributed by atoms with Gasteiger partial charge in [0.25, 0.3) is 0 Å². The molecule has 0 fully saturated rings. The van der Waals surface area contributed by atoms with Gasteiger partial charge in [-0.1, -0.05) is 72.3 Å². The molecule has 5 rings (SSSR count). The maximum atomic E-state index is 13.5. The zero-order valence-electron chi connectivity index (χ0n) is 23.8. The van der Waals surface area contributed by atoms with E-state index in [1.54, 1.807) is 41.1 Å². The molecule has 1 aromatic heterocycles. The summed E-state index contributed by atoms with van der Waals surface area (Å²) in [6.07, 6.45) is 0.222. The van der Waals surface area contributed by atoms with E-state index in [1.807, 2.05) is 77.7 Å². The van der Waals surface area contributed by atoms with Gasteiger partial charge in [-0.15, -0.1) is 5.10 Å². The van der Waals surface area contributed by atoms with Gasteiger partial charge in [0.2, 0.25) is 5.91 Å². The summed E-state index contributed by atoms with van der Waals surface area (Å²) < 4.78 is 13.6. The van der Waals surface area contributed by atoms with Crippen molar-refractivity contribution in [3.63, 3.8) is 0 Å². The molecule has 4 aromatic carbocycles. The number of aryl methyl sites for hydroxylation is 1. The van der Waals surface area contributed by atoms with Crippen molar-refractivity contribution in [2.24, 2.45) is 0 Å². The first-order valence-corrected chi connectivity index (χ1v) is 14.4. The first kappa shape index (κ1) is 30.2. The van der Waals surface area contributed by atoms with Crippen LogP contribution >= 0.6 is 11.6 Å². The van der Waals surface area contributed by atoms with E-state index in [4.69, 9.17) is 21.1 Å². The number of ether oxygens (including phenoxy) is 2. The minimum atomic E-state index is -0.562. The van der Waals surface area contributed by atoms with Crippen molar-refractivity contribution in [2.45, 2.75) is 25.6 Å². The average molecular weight is 608 g/mol. The Balaban J connectivity index is 1.38. The number of carbonyl (C=O) groups is 1. The van der Waals surface area contributed by atoms with Crippen LogP contribution in [0.3, 0.4) is 0 Å². The standard InChI is InChI=1S/C33H30ClN7O3/c34-29-14-7-8-15-31(29)43-24-30(33-37-38-39-41(33)21-9-20-35)40(22-25-10-3-1-4-11-25)23-32(42)36-26-16-18-28(19-17-26)44-27-12-5-2-6-13-27/h1-8,10-19,30H,9,21-24H2,(H,36,42). The smallest absolute Gasteiger partial charge is 0.238 e. The monoisotopic (exact) mass is 607 g/mol. The quantitative estimate of drug-likeness (QED) is 0.156. The van der Waals surface area contributed by atoms with Crippen molar-refractivity contribution in [1.82, 2.24) is 25.1 Å². The Morgan fingerprint density at radius 3 is 2.34 bits per heavy atom. The van der Waals surface area contributed by atoms with Gasteiger partial charge < -0.3 is 14.8 Å². The lowest BCUT2D eigenvalue weighted by Gasteiger charge is -2.30. The number of para-hydroxylation sites is 2. The summed E-state index contributed by atoms with van der Waals surface area (Å²) in [6, 6.07) is 35.2. The highest BCUT2D eigenvalue weighted by atomic mass is 35.5. The second-order valence-corrected chi connectivity index (χ2v) is 10.2. The van der Waals surface area contributed by atoms with E-state index in [0.29, 0.717) is 41.1 Å². The number of tetrazole rings is 1. The SMILES string of the molecule is N#CCCn1nnnc1C(COc1ccccc1Cl)N(CC(=O)Nc1ccc(Oc2ccccc2)cc1)Cc1ccccc1. The third kappa shape index (κ3) is 8.41. The van der Waals surface area contributed by atoms with Crippen molar-refractivity contribution < 1.29 is 14.3 Å². The van der Waals surface area contributed by atoms with Crippen molar-refractivity contribution in [3.8, 4) is 23.3 Å². The fraction of sp³-hybridized carbons (Fsp3) is 0.182. The van der Waals surface area contributed by atoms with Crippen molar-refractivity contribution >= 4 is 23.2 Å². The van der Waals surface area contributed by atoms with Crippen LogP contribution in [-0.2, 0) is 17.9 Å². The molecule has 1 unspecified atom stereocenters. The molecule has 0 saturated carbocycles. The van der Waals surface area contributed by atoms with Gasteiger partial charge in [-0.05, 0) is 64.5 Å². The molecule has 0 spiro atoms. The van der Waals surface area contributed by atoms with Crippen molar-refractivity contribution in [2.75, 3.05) is 18.5 Å². The summed E-state index contributed by atoms with van der Waals surface area (Å²) in [5.41, 5.74) is 1.61. The Labute approximate surface area is 260 Å². The number of nitrogens with zero attached hydrogens (tertiary/aromatic N) is 6. The van der Waals surface area contributed by atoms with Crippen molar-refractivity contribution in [3.05, 3.63) is 126 Å². The number of rotatable bonds is 14. The van der Waals surface area contributed by atoms with E-state index >= 15 is 0 Å². The molecule has 0 bridgehead atoms. The Bertz CT molecular complexity index is 1680. The summed E-state index contributed by atoms with van der Waals surface area (Å²) in [5.74, 6) is 2.11. The van der Waals surface area contributed by atoms with Crippen LogP contribution in [-0.4, -0.2) is 44.2 Å². The van der Waals surface area contributed by atoms with Gasteiger partial charge in [0.15, 0.2) is 5.82 Å². The molecule has 1 heterocycles. The Kier molecular flexibility index (Phi) is 10.5. The van der Waals surface area contributed by atoms with Crippen LogP contribution in [0.2, 0.25) is 5.02 Å². The van der Waals surface area contributed by atoms with Crippen molar-refractivity contribution in [1.29, 1.82) is 5.26 Å². The Hall–Kier alpha value is -5.24. The lowest BCUT2D eigenvalue weighted by Crippen LogP contribution is -2.39. The van der Waals surface area contributed by atoms with E-state index in [2.05, 4.69) is 26.9 Å². The Morgan fingerprint density at radius 1 is 0.932 bits per heavy atom.